The van der Waals surface area contributed by atoms with Crippen LogP contribution in [0.3, 0.4) is 0 Å². The van der Waals surface area contributed by atoms with Crippen LogP contribution in [-0.2, 0) is 29.1 Å². The zero-order valence-corrected chi connectivity index (χ0v) is 13.4. The van der Waals surface area contributed by atoms with Crippen LogP contribution in [0.1, 0.15) is 44.8 Å². The van der Waals surface area contributed by atoms with Crippen molar-refractivity contribution in [2.45, 2.75) is 58.7 Å². The van der Waals surface area contributed by atoms with Crippen LogP contribution >= 0.6 is 0 Å². The number of carbonyl (C=O) groups is 1. The summed E-state index contributed by atoms with van der Waals surface area (Å²) in [7, 11) is 0. The summed E-state index contributed by atoms with van der Waals surface area (Å²) in [6.45, 7) is 6.67. The molecule has 0 bridgehead atoms. The van der Waals surface area contributed by atoms with Gasteiger partial charge in [-0.15, -0.1) is 10.2 Å². The van der Waals surface area contributed by atoms with E-state index in [0.29, 0.717) is 19.8 Å². The van der Waals surface area contributed by atoms with E-state index >= 15 is 0 Å². The van der Waals surface area contributed by atoms with Crippen LogP contribution in [-0.4, -0.2) is 44.8 Å². The van der Waals surface area contributed by atoms with Crippen molar-refractivity contribution in [2.24, 2.45) is 0 Å². The van der Waals surface area contributed by atoms with Gasteiger partial charge in [0.1, 0.15) is 12.4 Å². The van der Waals surface area contributed by atoms with Gasteiger partial charge in [0.25, 0.3) is 0 Å². The topological polar surface area (TPSA) is 60.3 Å². The molecule has 1 atom stereocenters. The Morgan fingerprint density at radius 3 is 3.00 bits per heavy atom. The molecule has 0 radical (unpaired) electrons. The normalized spacial score (nSPS) is 21.5. The largest absolute Gasteiger partial charge is 0.374 e. The maximum Gasteiger partial charge on any atom is 0.249 e. The predicted molar refractivity (Wildman–Crippen MR) is 82.2 cm³/mol. The van der Waals surface area contributed by atoms with E-state index in [1.165, 1.54) is 0 Å². The molecule has 0 saturated heterocycles. The minimum absolute atomic E-state index is 0.152. The average molecular weight is 304 g/mol. The second kappa shape index (κ2) is 6.60. The van der Waals surface area contributed by atoms with Gasteiger partial charge < -0.3 is 14.2 Å². The first-order chi connectivity index (χ1) is 10.7. The molecule has 0 saturated carbocycles. The molecular weight excluding hydrogens is 280 g/mol. The number of aromatic nitrogens is 3. The van der Waals surface area contributed by atoms with E-state index in [1.807, 2.05) is 11.8 Å². The minimum atomic E-state index is 0.152. The van der Waals surface area contributed by atoms with Gasteiger partial charge in [-0.3, -0.25) is 4.79 Å². The van der Waals surface area contributed by atoms with E-state index < -0.39 is 0 Å². The van der Waals surface area contributed by atoms with Gasteiger partial charge in [0.2, 0.25) is 5.91 Å². The minimum Gasteiger partial charge on any atom is -0.374 e. The van der Waals surface area contributed by atoms with E-state index in [-0.39, 0.29) is 11.9 Å². The van der Waals surface area contributed by atoms with Crippen LogP contribution in [0.2, 0.25) is 0 Å². The number of nitrogens with zero attached hydrogens (tertiary/aromatic N) is 4. The van der Waals surface area contributed by atoms with Gasteiger partial charge in [0.05, 0.1) is 0 Å². The maximum absolute atomic E-state index is 12.7. The van der Waals surface area contributed by atoms with Crippen molar-refractivity contribution >= 4 is 5.91 Å². The summed E-state index contributed by atoms with van der Waals surface area (Å²) < 4.78 is 7.57. The van der Waals surface area contributed by atoms with Crippen LogP contribution in [0.4, 0.5) is 0 Å². The number of hydrogen-bond donors (Lipinski definition) is 0. The summed E-state index contributed by atoms with van der Waals surface area (Å²) in [5, 5.41) is 8.52. The maximum atomic E-state index is 12.7. The Kier molecular flexibility index (Phi) is 4.57. The summed E-state index contributed by atoms with van der Waals surface area (Å²) >= 11 is 0. The molecule has 3 rings (SSSR count). The quantitative estimate of drug-likeness (QED) is 0.849. The molecule has 0 unspecified atom stereocenters. The Morgan fingerprint density at radius 1 is 1.41 bits per heavy atom. The van der Waals surface area contributed by atoms with Gasteiger partial charge >= 0.3 is 0 Å². The third-order valence-corrected chi connectivity index (χ3v) is 4.49. The van der Waals surface area contributed by atoms with Crippen molar-refractivity contribution in [3.8, 4) is 0 Å². The molecule has 1 amide bonds. The van der Waals surface area contributed by atoms with Crippen LogP contribution in [0.15, 0.2) is 11.6 Å². The van der Waals surface area contributed by atoms with Crippen molar-refractivity contribution in [3.05, 3.63) is 23.3 Å². The number of amides is 1. The monoisotopic (exact) mass is 304 g/mol. The summed E-state index contributed by atoms with van der Waals surface area (Å²) in [6.07, 6.45) is 5.91. The average Bonchev–Trinajstić information content (AvgIpc) is 3.13. The lowest BCUT2D eigenvalue weighted by Gasteiger charge is -2.27. The second-order valence-electron chi connectivity index (χ2n) is 5.99. The lowest BCUT2D eigenvalue weighted by Crippen LogP contribution is -2.40. The first-order valence-electron chi connectivity index (χ1n) is 8.19. The van der Waals surface area contributed by atoms with Crippen molar-refractivity contribution in [2.75, 3.05) is 13.2 Å². The molecule has 0 aromatic carbocycles. The van der Waals surface area contributed by atoms with Crippen LogP contribution in [0.5, 0.6) is 0 Å². The molecule has 0 N–H and O–H groups in total. The predicted octanol–water partition coefficient (Wildman–Crippen LogP) is 1.70. The van der Waals surface area contributed by atoms with Crippen molar-refractivity contribution in [1.82, 2.24) is 19.7 Å². The Labute approximate surface area is 131 Å². The lowest BCUT2D eigenvalue weighted by molar-refractivity contribution is -0.129. The van der Waals surface area contributed by atoms with Gasteiger partial charge in [-0.1, -0.05) is 6.08 Å². The third-order valence-electron chi connectivity index (χ3n) is 4.49. The molecule has 120 valence electrons. The first-order valence-corrected chi connectivity index (χ1v) is 8.19. The van der Waals surface area contributed by atoms with Gasteiger partial charge in [-0.25, -0.2) is 0 Å². The lowest BCUT2D eigenvalue weighted by atomic mass is 10.1. The van der Waals surface area contributed by atoms with Gasteiger partial charge in [-0.2, -0.15) is 0 Å². The van der Waals surface area contributed by atoms with Crippen molar-refractivity contribution < 1.29 is 9.53 Å². The van der Waals surface area contributed by atoms with Crippen LogP contribution in [0.25, 0.3) is 0 Å². The van der Waals surface area contributed by atoms with Crippen LogP contribution < -0.4 is 0 Å². The number of rotatable bonds is 4. The molecule has 1 aromatic rings. The molecule has 2 aliphatic rings. The zero-order chi connectivity index (χ0) is 15.5. The highest BCUT2D eigenvalue weighted by atomic mass is 16.5. The SMILES string of the molecule is CCOCc1nnc2n1CCN(C(=O)C1=CCCC1)[C@H](C)C2. The molecule has 22 heavy (non-hydrogen) atoms. The van der Waals surface area contributed by atoms with E-state index in [0.717, 1.165) is 49.4 Å². The van der Waals surface area contributed by atoms with Crippen molar-refractivity contribution in [1.29, 1.82) is 0 Å². The zero-order valence-electron chi connectivity index (χ0n) is 13.4. The summed E-state index contributed by atoms with van der Waals surface area (Å²) in [6, 6.07) is 0.152. The van der Waals surface area contributed by atoms with E-state index in [9.17, 15) is 4.79 Å². The van der Waals surface area contributed by atoms with Crippen molar-refractivity contribution in [3.63, 3.8) is 0 Å². The molecule has 6 nitrogen and oxygen atoms in total. The van der Waals surface area contributed by atoms with E-state index in [4.69, 9.17) is 4.74 Å². The summed E-state index contributed by atoms with van der Waals surface area (Å²) in [5.41, 5.74) is 0.985. The van der Waals surface area contributed by atoms with Gasteiger partial charge in [0, 0.05) is 37.7 Å². The molecule has 1 aliphatic heterocycles. The highest BCUT2D eigenvalue weighted by Gasteiger charge is 2.29. The molecule has 2 heterocycles. The number of allylic oxidation sites excluding steroid dienone is 1. The fourth-order valence-corrected chi connectivity index (χ4v) is 3.24. The molecule has 6 heteroatoms. The standard InChI is InChI=1S/C16H24N4O2/c1-3-22-11-15-18-17-14-10-12(2)19(8-9-20(14)15)16(21)13-6-4-5-7-13/h6,12H,3-5,7-11H2,1-2H3/t12-/m1/s1. The first kappa shape index (κ1) is 15.2. The third kappa shape index (κ3) is 2.92. The Morgan fingerprint density at radius 2 is 2.27 bits per heavy atom. The highest BCUT2D eigenvalue weighted by Crippen LogP contribution is 2.23. The highest BCUT2D eigenvalue weighted by molar-refractivity contribution is 5.94. The summed E-state index contributed by atoms with van der Waals surface area (Å²) in [5.74, 6) is 2.02. The fraction of sp³-hybridized carbons (Fsp3) is 0.688. The number of hydrogen-bond acceptors (Lipinski definition) is 4. The smallest absolute Gasteiger partial charge is 0.249 e. The summed E-state index contributed by atoms with van der Waals surface area (Å²) in [4.78, 5) is 14.7. The van der Waals surface area contributed by atoms with Crippen LogP contribution in [0, 0.1) is 0 Å². The van der Waals surface area contributed by atoms with Gasteiger partial charge in [0.15, 0.2) is 5.82 Å². The number of ether oxygens (including phenoxy) is 1. The van der Waals surface area contributed by atoms with Gasteiger partial charge in [-0.05, 0) is 33.1 Å². The van der Waals surface area contributed by atoms with E-state index in [2.05, 4.69) is 27.8 Å². The Hall–Kier alpha value is -1.69. The molecule has 0 spiro atoms. The second-order valence-corrected chi connectivity index (χ2v) is 5.99. The number of carbonyl (C=O) groups excluding carboxylic acids is 1. The van der Waals surface area contributed by atoms with E-state index in [1.54, 1.807) is 0 Å². The fourth-order valence-electron chi connectivity index (χ4n) is 3.24. The molecule has 1 aromatic heterocycles. The Balaban J connectivity index is 1.74. The number of fused-ring (bicyclic) bond motifs is 1. The molecule has 1 aliphatic carbocycles. The Bertz CT molecular complexity index is 579. The molecular formula is C16H24N4O2. The molecule has 0 fully saturated rings.